The molecule has 0 atom stereocenters. The van der Waals surface area contributed by atoms with Crippen LogP contribution in [-0.2, 0) is 28.5 Å². The largest absolute Gasteiger partial charge is 0.465 e. The summed E-state index contributed by atoms with van der Waals surface area (Å²) >= 11 is 0. The zero-order valence-corrected chi connectivity index (χ0v) is 50.2. The Morgan fingerprint density at radius 2 is 0.608 bits per heavy atom. The molecular formula is C62H122N4O8. The maximum absolute atomic E-state index is 13.6. The second kappa shape index (κ2) is 53.8. The monoisotopic (exact) mass is 1050 g/mol. The summed E-state index contributed by atoms with van der Waals surface area (Å²) in [5.41, 5.74) is 0. The maximum Gasteiger partial charge on any atom is 0.409 e. The van der Waals surface area contributed by atoms with Crippen LogP contribution in [0.2, 0.25) is 0 Å². The van der Waals surface area contributed by atoms with Gasteiger partial charge in [0.15, 0.2) is 0 Å². The van der Waals surface area contributed by atoms with Gasteiger partial charge in [0.05, 0.1) is 13.2 Å². The van der Waals surface area contributed by atoms with Crippen molar-refractivity contribution in [1.29, 1.82) is 0 Å². The highest BCUT2D eigenvalue weighted by atomic mass is 16.6. The molecule has 0 saturated carbocycles. The molecule has 0 aliphatic carbocycles. The average Bonchev–Trinajstić information content (AvgIpc) is 3.39. The van der Waals surface area contributed by atoms with E-state index in [1.807, 2.05) is 9.80 Å². The third-order valence-electron chi connectivity index (χ3n) is 14.9. The van der Waals surface area contributed by atoms with Gasteiger partial charge in [-0.2, -0.15) is 0 Å². The molecule has 438 valence electrons. The van der Waals surface area contributed by atoms with Gasteiger partial charge in [0.2, 0.25) is 0 Å². The first-order valence-electron chi connectivity index (χ1n) is 31.7. The molecule has 12 heteroatoms. The molecule has 0 N–H and O–H groups in total. The van der Waals surface area contributed by atoms with Crippen molar-refractivity contribution < 1.29 is 38.1 Å². The molecule has 0 spiro atoms. The van der Waals surface area contributed by atoms with Crippen molar-refractivity contribution in [2.24, 2.45) is 11.8 Å². The minimum atomic E-state index is -0.275. The lowest BCUT2D eigenvalue weighted by Crippen LogP contribution is -2.41. The number of carbonyl (C=O) groups excluding carboxylic acids is 4. The highest BCUT2D eigenvalue weighted by Gasteiger charge is 2.20. The molecule has 0 saturated heterocycles. The molecule has 0 bridgehead atoms. The third kappa shape index (κ3) is 43.5. The molecule has 0 aliphatic rings. The lowest BCUT2D eigenvalue weighted by Gasteiger charge is -2.28. The van der Waals surface area contributed by atoms with Crippen LogP contribution in [0.1, 0.15) is 274 Å². The number of hydrogen-bond acceptors (Lipinski definition) is 10. The molecule has 0 aliphatic heterocycles. The highest BCUT2D eigenvalue weighted by molar-refractivity contribution is 5.70. The van der Waals surface area contributed by atoms with E-state index < -0.39 is 0 Å². The van der Waals surface area contributed by atoms with E-state index in [1.165, 1.54) is 116 Å². The van der Waals surface area contributed by atoms with Crippen LogP contribution in [0, 0.1) is 11.8 Å². The van der Waals surface area contributed by atoms with Crippen LogP contribution in [0.5, 0.6) is 0 Å². The number of carbonyl (C=O) groups is 4. The van der Waals surface area contributed by atoms with E-state index in [-0.39, 0.29) is 37.3 Å². The van der Waals surface area contributed by atoms with Gasteiger partial charge in [0.25, 0.3) is 0 Å². The SMILES string of the molecule is CCCCCCCN(CCCCCC(=O)OCC(CCCCC)CCCCC)C(=O)OCCN(CCOC(=O)N(CCCCCCC)CCCCCC(=O)OCC(CCCCC)CCCCC)CCN(CC)CC. The molecule has 74 heavy (non-hydrogen) atoms. The predicted octanol–water partition coefficient (Wildman–Crippen LogP) is 16.2. The smallest absolute Gasteiger partial charge is 0.409 e. The normalized spacial score (nSPS) is 11.6. The molecule has 0 unspecified atom stereocenters. The summed E-state index contributed by atoms with van der Waals surface area (Å²) in [7, 11) is 0. The summed E-state index contributed by atoms with van der Waals surface area (Å²) in [6, 6.07) is 0. The fourth-order valence-corrected chi connectivity index (χ4v) is 9.68. The molecule has 0 aromatic carbocycles. The van der Waals surface area contributed by atoms with Crippen molar-refractivity contribution in [1.82, 2.24) is 19.6 Å². The summed E-state index contributed by atoms with van der Waals surface area (Å²) in [4.78, 5) is 61.1. The van der Waals surface area contributed by atoms with Crippen LogP contribution in [0.3, 0.4) is 0 Å². The standard InChI is InChI=1S/C62H122N4O8/c1-9-17-23-25-35-45-65(47-37-27-33-43-59(67)73-55-57(39-29-19-11-3)40-30-20-12-4)61(69)71-53-51-64(50-49-63(15-7)16-8)52-54-72-62(70)66(46-36-26-24-18-10-2)48-38-28-34-44-60(68)74-56-58(41-31-21-13-5)42-32-22-14-6/h57-58H,9-56H2,1-8H3. The Bertz CT molecular complexity index is 1160. The minimum absolute atomic E-state index is 0.0971. The Labute approximate surface area is 457 Å². The predicted molar refractivity (Wildman–Crippen MR) is 310 cm³/mol. The van der Waals surface area contributed by atoms with Crippen molar-refractivity contribution in [3.63, 3.8) is 0 Å². The number of rotatable bonds is 55. The minimum Gasteiger partial charge on any atom is -0.465 e. The van der Waals surface area contributed by atoms with Gasteiger partial charge in [-0.25, -0.2) is 9.59 Å². The molecule has 0 aromatic rings. The number of unbranched alkanes of at least 4 members (excludes halogenated alkanes) is 20. The molecule has 0 heterocycles. The summed E-state index contributed by atoms with van der Waals surface area (Å²) in [5.74, 6) is 0.736. The first kappa shape index (κ1) is 71.4. The van der Waals surface area contributed by atoms with Gasteiger partial charge in [-0.1, -0.05) is 197 Å². The van der Waals surface area contributed by atoms with Gasteiger partial charge in [0.1, 0.15) is 13.2 Å². The molecule has 0 fully saturated rings. The van der Waals surface area contributed by atoms with Crippen LogP contribution in [0.15, 0.2) is 0 Å². The fraction of sp³-hybridized carbons (Fsp3) is 0.935. The Kier molecular flexibility index (Phi) is 51.9. The fourth-order valence-electron chi connectivity index (χ4n) is 9.68. The van der Waals surface area contributed by atoms with Crippen molar-refractivity contribution in [2.45, 2.75) is 274 Å². The van der Waals surface area contributed by atoms with Crippen LogP contribution in [-0.4, -0.2) is 136 Å². The van der Waals surface area contributed by atoms with E-state index in [1.54, 1.807) is 0 Å². The van der Waals surface area contributed by atoms with Gasteiger partial charge in [-0.15, -0.1) is 0 Å². The lowest BCUT2D eigenvalue weighted by atomic mass is 9.96. The van der Waals surface area contributed by atoms with Crippen molar-refractivity contribution >= 4 is 24.1 Å². The van der Waals surface area contributed by atoms with Crippen LogP contribution in [0.25, 0.3) is 0 Å². The zero-order chi connectivity index (χ0) is 54.5. The third-order valence-corrected chi connectivity index (χ3v) is 14.9. The van der Waals surface area contributed by atoms with E-state index >= 15 is 0 Å². The molecule has 0 rings (SSSR count). The van der Waals surface area contributed by atoms with Crippen LogP contribution in [0.4, 0.5) is 9.59 Å². The number of esters is 2. The lowest BCUT2D eigenvalue weighted by molar-refractivity contribution is -0.146. The molecule has 12 nitrogen and oxygen atoms in total. The van der Waals surface area contributed by atoms with E-state index in [4.69, 9.17) is 18.9 Å². The van der Waals surface area contributed by atoms with Gasteiger partial charge >= 0.3 is 24.1 Å². The van der Waals surface area contributed by atoms with Crippen molar-refractivity contribution in [2.75, 3.05) is 91.9 Å². The van der Waals surface area contributed by atoms with Crippen molar-refractivity contribution in [3.05, 3.63) is 0 Å². The van der Waals surface area contributed by atoms with Crippen LogP contribution < -0.4 is 0 Å². The van der Waals surface area contributed by atoms with E-state index in [2.05, 4.69) is 65.2 Å². The Hall–Kier alpha value is -2.60. The number of nitrogens with zero attached hydrogens (tertiary/aromatic N) is 4. The Morgan fingerprint density at radius 3 is 0.932 bits per heavy atom. The average molecular weight is 1050 g/mol. The van der Waals surface area contributed by atoms with Crippen molar-refractivity contribution in [3.8, 4) is 0 Å². The van der Waals surface area contributed by atoms with Crippen LogP contribution >= 0.6 is 0 Å². The van der Waals surface area contributed by atoms with Gasteiger partial charge < -0.3 is 33.6 Å². The molecule has 0 aromatic heterocycles. The van der Waals surface area contributed by atoms with E-state index in [9.17, 15) is 19.2 Å². The first-order chi connectivity index (χ1) is 36.1. The summed E-state index contributed by atoms with van der Waals surface area (Å²) < 4.78 is 23.5. The number of amides is 2. The molecule has 0 radical (unpaired) electrons. The molecule has 2 amide bonds. The second-order valence-corrected chi connectivity index (χ2v) is 21.6. The number of likely N-dealkylation sites (N-methyl/N-ethyl adjacent to an activating group) is 1. The van der Waals surface area contributed by atoms with Gasteiger partial charge in [-0.05, 0) is 89.1 Å². The summed E-state index contributed by atoms with van der Waals surface area (Å²) in [6.07, 6.45) is 35.5. The topological polar surface area (TPSA) is 118 Å². The van der Waals surface area contributed by atoms with E-state index in [0.717, 1.165) is 116 Å². The maximum atomic E-state index is 13.6. The van der Waals surface area contributed by atoms with E-state index in [0.29, 0.717) is 77.2 Å². The quantitative estimate of drug-likeness (QED) is 0.0331. The first-order valence-corrected chi connectivity index (χ1v) is 31.7. The van der Waals surface area contributed by atoms with Gasteiger partial charge in [-0.3, -0.25) is 14.5 Å². The number of ether oxygens (including phenoxy) is 4. The van der Waals surface area contributed by atoms with Gasteiger partial charge in [0, 0.05) is 65.2 Å². The highest BCUT2D eigenvalue weighted by Crippen LogP contribution is 2.21. The Morgan fingerprint density at radius 1 is 0.311 bits per heavy atom. The molecular weight excluding hydrogens is 929 g/mol. The summed E-state index contributed by atoms with van der Waals surface area (Å²) in [5, 5.41) is 0. The summed E-state index contributed by atoms with van der Waals surface area (Å²) in [6.45, 7) is 26.5. The Balaban J connectivity index is 5.34. The number of hydrogen-bond donors (Lipinski definition) is 0. The second-order valence-electron chi connectivity index (χ2n) is 21.6. The zero-order valence-electron chi connectivity index (χ0n) is 50.2.